The van der Waals surface area contributed by atoms with E-state index in [4.69, 9.17) is 10.6 Å². The monoisotopic (exact) mass is 784 g/mol. The summed E-state index contributed by atoms with van der Waals surface area (Å²) in [5.41, 5.74) is 7.23. The third-order valence-corrected chi connectivity index (χ3v) is 11.5. The topological polar surface area (TPSA) is 193 Å². The van der Waals surface area contributed by atoms with Gasteiger partial charge >= 0.3 is 5.97 Å². The first-order valence-corrected chi connectivity index (χ1v) is 19.3. The fourth-order valence-corrected chi connectivity index (χ4v) is 8.79. The quantitative estimate of drug-likeness (QED) is 0.0568. The highest BCUT2D eigenvalue weighted by Gasteiger charge is 2.54. The van der Waals surface area contributed by atoms with E-state index in [1.807, 2.05) is 91.0 Å². The van der Waals surface area contributed by atoms with Crippen molar-refractivity contribution in [2.24, 2.45) is 5.16 Å². The van der Waals surface area contributed by atoms with Crippen LogP contribution in [0, 0.1) is 0 Å². The summed E-state index contributed by atoms with van der Waals surface area (Å²) < 4.78 is 0. The van der Waals surface area contributed by atoms with Gasteiger partial charge in [-0.25, -0.2) is 19.7 Å². The number of thioether (sulfide) groups is 1. The van der Waals surface area contributed by atoms with E-state index in [9.17, 15) is 24.3 Å². The van der Waals surface area contributed by atoms with Crippen molar-refractivity contribution in [3.63, 3.8) is 0 Å². The molecule has 5 aromatic rings. The summed E-state index contributed by atoms with van der Waals surface area (Å²) in [4.78, 5) is 75.6. The van der Waals surface area contributed by atoms with E-state index in [2.05, 4.69) is 25.4 Å². The number of nitrogens with two attached hydrogens (primary N) is 1. The summed E-state index contributed by atoms with van der Waals surface area (Å²) in [6.45, 7) is 0.332. The van der Waals surface area contributed by atoms with Crippen LogP contribution in [-0.4, -0.2) is 78.1 Å². The van der Waals surface area contributed by atoms with Crippen LogP contribution in [0.1, 0.15) is 28.8 Å². The van der Waals surface area contributed by atoms with Gasteiger partial charge < -0.3 is 21.0 Å². The molecule has 56 heavy (non-hydrogen) atoms. The van der Waals surface area contributed by atoms with Crippen LogP contribution < -0.4 is 16.0 Å². The number of nitrogen functional groups attached to an aromatic ring is 1. The molecular weight excluding hydrogens is 753 g/mol. The minimum absolute atomic E-state index is 0.129. The number of aromatic nitrogens is 3. The standard InChI is InChI=1S/C40H32N8O6S2/c41-38-44-29(23-56-38)30(46-54-40(26-11-4-1-5-12-26,27-13-6-2-7-14-27)28-15-8-3-9-16-28)33(49)45-31-35(51)48-32(37(52)53)25(22-55-36(31)48)21-24-17-20-47(34(24)50)39-42-18-10-19-43-39/h1-16,18-19,21,23,31,36H,17,20,22H2,(H2,41,44)(H,45,49)(H,52,53)/t31-,36-/m1/s1. The zero-order valence-corrected chi connectivity index (χ0v) is 31.0. The van der Waals surface area contributed by atoms with Crippen LogP contribution in [0.5, 0.6) is 0 Å². The maximum atomic E-state index is 14.2. The fraction of sp³-hybridized carbons (Fsp3) is 0.150. The highest BCUT2D eigenvalue weighted by atomic mass is 32.2. The lowest BCUT2D eigenvalue weighted by atomic mass is 9.80. The smallest absolute Gasteiger partial charge is 0.352 e. The molecule has 8 rings (SSSR count). The fourth-order valence-electron chi connectivity index (χ4n) is 6.94. The van der Waals surface area contributed by atoms with Crippen molar-refractivity contribution in [3.05, 3.63) is 160 Å². The number of benzene rings is 3. The summed E-state index contributed by atoms with van der Waals surface area (Å²) in [6, 6.07) is 29.0. The lowest BCUT2D eigenvalue weighted by Gasteiger charge is -2.49. The lowest BCUT2D eigenvalue weighted by Crippen LogP contribution is -2.71. The molecule has 3 aliphatic heterocycles. The number of carboxylic acids is 1. The highest BCUT2D eigenvalue weighted by molar-refractivity contribution is 8.00. The molecular formula is C40H32N8O6S2. The molecule has 16 heteroatoms. The van der Waals surface area contributed by atoms with E-state index >= 15 is 0 Å². The number of oxime groups is 1. The maximum Gasteiger partial charge on any atom is 0.352 e. The molecule has 3 amide bonds. The second-order valence-corrected chi connectivity index (χ2v) is 14.8. The Morgan fingerprint density at radius 3 is 2.09 bits per heavy atom. The van der Waals surface area contributed by atoms with Gasteiger partial charge in [-0.2, -0.15) is 0 Å². The Morgan fingerprint density at radius 1 is 0.929 bits per heavy atom. The van der Waals surface area contributed by atoms with E-state index in [1.54, 1.807) is 11.4 Å². The van der Waals surface area contributed by atoms with Gasteiger partial charge in [0.05, 0.1) is 0 Å². The van der Waals surface area contributed by atoms with Crippen LogP contribution in [0.25, 0.3) is 0 Å². The average molecular weight is 785 g/mol. The first-order chi connectivity index (χ1) is 27.3. The zero-order chi connectivity index (χ0) is 38.8. The molecule has 0 aliphatic carbocycles. The third kappa shape index (κ3) is 6.58. The summed E-state index contributed by atoms with van der Waals surface area (Å²) in [7, 11) is 0. The Kier molecular flexibility index (Phi) is 9.88. The third-order valence-electron chi connectivity index (χ3n) is 9.55. The molecule has 2 atom stereocenters. The van der Waals surface area contributed by atoms with Crippen molar-refractivity contribution in [2.75, 3.05) is 22.9 Å². The number of amides is 3. The molecule has 0 bridgehead atoms. The number of rotatable bonds is 11. The number of anilines is 2. The van der Waals surface area contributed by atoms with Crippen LogP contribution in [-0.2, 0) is 29.6 Å². The summed E-state index contributed by atoms with van der Waals surface area (Å²) in [5.74, 6) is -2.66. The Morgan fingerprint density at radius 2 is 1.54 bits per heavy atom. The molecule has 0 saturated carbocycles. The van der Waals surface area contributed by atoms with Gasteiger partial charge in [-0.3, -0.25) is 24.2 Å². The van der Waals surface area contributed by atoms with Gasteiger partial charge in [0.15, 0.2) is 10.8 Å². The van der Waals surface area contributed by atoms with E-state index < -0.39 is 34.8 Å². The van der Waals surface area contributed by atoms with Crippen molar-refractivity contribution < 1.29 is 29.1 Å². The van der Waals surface area contributed by atoms with E-state index in [0.717, 1.165) is 32.9 Å². The van der Waals surface area contributed by atoms with Gasteiger partial charge in [0.1, 0.15) is 22.8 Å². The van der Waals surface area contributed by atoms with E-state index in [1.165, 1.54) is 35.1 Å². The number of nitrogens with zero attached hydrogens (tertiary/aromatic N) is 6. The number of aliphatic carboxylic acids is 1. The summed E-state index contributed by atoms with van der Waals surface area (Å²) in [5, 5.41) is 18.6. The zero-order valence-electron chi connectivity index (χ0n) is 29.4. The number of carbonyl (C=O) groups is 4. The largest absolute Gasteiger partial charge is 0.477 e. The van der Waals surface area contributed by atoms with Crippen molar-refractivity contribution in [3.8, 4) is 0 Å². The molecule has 14 nitrogen and oxygen atoms in total. The lowest BCUT2D eigenvalue weighted by molar-refractivity contribution is -0.150. The molecule has 3 aliphatic rings. The Labute approximate surface area is 328 Å². The molecule has 0 radical (unpaired) electrons. The molecule has 2 saturated heterocycles. The Balaban J connectivity index is 1.10. The van der Waals surface area contributed by atoms with Crippen LogP contribution in [0.15, 0.2) is 143 Å². The number of allylic oxidation sites excluding steroid dienone is 1. The normalized spacial score (nSPS) is 19.1. The Hall–Kier alpha value is -6.65. The van der Waals surface area contributed by atoms with Gasteiger partial charge in [0.2, 0.25) is 11.5 Å². The number of carboxylic acid groups (broad SMARTS) is 1. The van der Waals surface area contributed by atoms with Crippen LogP contribution in [0.4, 0.5) is 11.1 Å². The maximum absolute atomic E-state index is 14.2. The predicted octanol–water partition coefficient (Wildman–Crippen LogP) is 4.33. The summed E-state index contributed by atoms with van der Waals surface area (Å²) in [6.07, 6.45) is 4.95. The van der Waals surface area contributed by atoms with Crippen LogP contribution >= 0.6 is 23.1 Å². The number of carbonyl (C=O) groups excluding carboxylic acids is 3. The molecule has 3 aromatic carbocycles. The van der Waals surface area contributed by atoms with Crippen molar-refractivity contribution in [1.29, 1.82) is 0 Å². The number of β-lactam (4-membered cyclic amide) rings is 1. The first-order valence-electron chi connectivity index (χ1n) is 17.4. The minimum Gasteiger partial charge on any atom is -0.477 e. The number of nitrogens with one attached hydrogen (secondary N) is 1. The molecule has 280 valence electrons. The van der Waals surface area contributed by atoms with Crippen LogP contribution in [0.2, 0.25) is 0 Å². The van der Waals surface area contributed by atoms with Gasteiger partial charge in [-0.1, -0.05) is 96.2 Å². The second-order valence-electron chi connectivity index (χ2n) is 12.8. The van der Waals surface area contributed by atoms with Crippen molar-refractivity contribution in [1.82, 2.24) is 25.2 Å². The molecule has 0 unspecified atom stereocenters. The Bertz CT molecular complexity index is 2310. The highest BCUT2D eigenvalue weighted by Crippen LogP contribution is 2.43. The van der Waals surface area contributed by atoms with Gasteiger partial charge in [-0.05, 0) is 24.1 Å². The van der Waals surface area contributed by atoms with E-state index in [-0.39, 0.29) is 39.8 Å². The molecule has 0 spiro atoms. The van der Waals surface area contributed by atoms with Crippen molar-refractivity contribution >= 4 is 63.6 Å². The molecule has 2 fully saturated rings. The predicted molar refractivity (Wildman–Crippen MR) is 210 cm³/mol. The van der Waals surface area contributed by atoms with Gasteiger partial charge in [-0.15, -0.1) is 23.1 Å². The average Bonchev–Trinajstić information content (AvgIpc) is 3.83. The molecule has 2 aromatic heterocycles. The second kappa shape index (κ2) is 15.2. The number of hydrogen-bond acceptors (Lipinski definition) is 12. The first kappa shape index (κ1) is 36.3. The SMILES string of the molecule is Nc1nc(C(=NOC(c2ccccc2)(c2ccccc2)c2ccccc2)C(=O)N[C@@H]2C(=O)N3C(C(=O)O)=C(C=C4CCN(c5ncccn5)C4=O)CS[C@H]23)cs1. The number of thiazole rings is 1. The van der Waals surface area contributed by atoms with Gasteiger partial charge in [0.25, 0.3) is 17.7 Å². The van der Waals surface area contributed by atoms with Crippen LogP contribution in [0.3, 0.4) is 0 Å². The molecule has 4 N–H and O–H groups in total. The number of hydrogen-bond donors (Lipinski definition) is 3. The van der Waals surface area contributed by atoms with Crippen molar-refractivity contribution in [2.45, 2.75) is 23.4 Å². The van der Waals surface area contributed by atoms with Gasteiger partial charge in [0, 0.05) is 52.3 Å². The molecule has 5 heterocycles. The summed E-state index contributed by atoms with van der Waals surface area (Å²) >= 11 is 2.37. The van der Waals surface area contributed by atoms with E-state index in [0.29, 0.717) is 24.1 Å². The number of fused-ring (bicyclic) bond motifs is 1. The minimum atomic E-state index is -1.33.